The third-order valence-corrected chi connectivity index (χ3v) is 4.63. The van der Waals surface area contributed by atoms with Gasteiger partial charge in [-0.25, -0.2) is 0 Å². The number of nitrogens with one attached hydrogen (secondary N) is 1. The van der Waals surface area contributed by atoms with E-state index in [-0.39, 0.29) is 0 Å². The van der Waals surface area contributed by atoms with Crippen molar-refractivity contribution in [3.05, 3.63) is 35.9 Å². The Morgan fingerprint density at radius 1 is 1.11 bits per heavy atom. The van der Waals surface area contributed by atoms with Crippen molar-refractivity contribution in [2.45, 2.75) is 31.6 Å². The van der Waals surface area contributed by atoms with Gasteiger partial charge in [0.05, 0.1) is 0 Å². The third kappa shape index (κ3) is 2.35. The number of hydrogen-bond donors (Lipinski definition) is 1. The minimum atomic E-state index is 0.305. The van der Waals surface area contributed by atoms with Crippen LogP contribution < -0.4 is 5.32 Å². The molecule has 2 nitrogen and oxygen atoms in total. The second kappa shape index (κ2) is 5.23. The average Bonchev–Trinajstić information content (AvgIpc) is 2.94. The van der Waals surface area contributed by atoms with Gasteiger partial charge in [-0.3, -0.25) is 4.79 Å². The van der Waals surface area contributed by atoms with E-state index >= 15 is 0 Å². The number of Topliss-reactive ketones (excluding diaryl/α,β-unsaturated/α-hetero) is 1. The van der Waals surface area contributed by atoms with Crippen LogP contribution in [0.3, 0.4) is 0 Å². The number of hydrogen-bond acceptors (Lipinski definition) is 2. The lowest BCUT2D eigenvalue weighted by Crippen LogP contribution is -2.31. The van der Waals surface area contributed by atoms with Gasteiger partial charge >= 0.3 is 0 Å². The maximum absolute atomic E-state index is 12.1. The fourth-order valence-corrected chi connectivity index (χ4v) is 3.56. The molecule has 2 fully saturated rings. The van der Waals surface area contributed by atoms with Crippen LogP contribution in [0.1, 0.15) is 37.2 Å². The highest BCUT2D eigenvalue weighted by Gasteiger charge is 2.35. The Morgan fingerprint density at radius 3 is 2.67 bits per heavy atom. The van der Waals surface area contributed by atoms with Crippen LogP contribution in [0.25, 0.3) is 0 Å². The van der Waals surface area contributed by atoms with Crippen molar-refractivity contribution < 1.29 is 4.79 Å². The molecule has 2 heteroatoms. The zero-order chi connectivity index (χ0) is 12.4. The normalized spacial score (nSPS) is 32.7. The number of carbonyl (C=O) groups is 1. The van der Waals surface area contributed by atoms with E-state index in [1.54, 1.807) is 0 Å². The van der Waals surface area contributed by atoms with Crippen LogP contribution in [0.5, 0.6) is 0 Å². The van der Waals surface area contributed by atoms with Gasteiger partial charge in [-0.15, -0.1) is 0 Å². The fourth-order valence-electron chi connectivity index (χ4n) is 3.56. The first-order chi connectivity index (χ1) is 8.84. The molecular formula is C16H21NO. The summed E-state index contributed by atoms with van der Waals surface area (Å²) in [6, 6.07) is 10.7. The molecule has 0 aromatic heterocycles. The van der Waals surface area contributed by atoms with Crippen molar-refractivity contribution in [3.63, 3.8) is 0 Å². The first kappa shape index (κ1) is 11.9. The van der Waals surface area contributed by atoms with Crippen LogP contribution in [0.2, 0.25) is 0 Å². The molecule has 3 rings (SSSR count). The van der Waals surface area contributed by atoms with Gasteiger partial charge in [0.1, 0.15) is 5.78 Å². The Kier molecular flexibility index (Phi) is 3.46. The lowest BCUT2D eigenvalue weighted by molar-refractivity contribution is -0.126. The first-order valence-corrected chi connectivity index (χ1v) is 7.13. The molecule has 1 N–H and O–H groups in total. The summed E-state index contributed by atoms with van der Waals surface area (Å²) < 4.78 is 0. The number of rotatable bonds is 2. The molecule has 96 valence electrons. The van der Waals surface area contributed by atoms with E-state index in [4.69, 9.17) is 0 Å². The van der Waals surface area contributed by atoms with E-state index in [0.717, 1.165) is 32.4 Å². The summed E-state index contributed by atoms with van der Waals surface area (Å²) in [4.78, 5) is 12.1. The third-order valence-electron chi connectivity index (χ3n) is 4.63. The largest absolute Gasteiger partial charge is 0.316 e. The van der Waals surface area contributed by atoms with Gasteiger partial charge in [0, 0.05) is 12.3 Å². The quantitative estimate of drug-likeness (QED) is 0.865. The molecule has 0 radical (unpaired) electrons. The molecular weight excluding hydrogens is 222 g/mol. The zero-order valence-electron chi connectivity index (χ0n) is 10.8. The SMILES string of the molecule is O=C1CCC(c2ccccc2)CC1C1CCNC1. The maximum atomic E-state index is 12.1. The van der Waals surface area contributed by atoms with Crippen LogP contribution in [0.4, 0.5) is 0 Å². The Morgan fingerprint density at radius 2 is 1.94 bits per heavy atom. The summed E-state index contributed by atoms with van der Waals surface area (Å²) >= 11 is 0. The van der Waals surface area contributed by atoms with Crippen LogP contribution in [-0.2, 0) is 4.79 Å². The summed E-state index contributed by atoms with van der Waals surface area (Å²) in [5.74, 6) is 1.99. The molecule has 1 aromatic carbocycles. The molecule has 3 atom stereocenters. The van der Waals surface area contributed by atoms with Gasteiger partial charge in [-0.1, -0.05) is 30.3 Å². The average molecular weight is 243 g/mol. The molecule has 1 aliphatic carbocycles. The molecule has 3 unspecified atom stereocenters. The van der Waals surface area contributed by atoms with E-state index in [2.05, 4.69) is 35.6 Å². The summed E-state index contributed by atoms with van der Waals surface area (Å²) in [6.45, 7) is 2.13. The van der Waals surface area contributed by atoms with Crippen molar-refractivity contribution in [3.8, 4) is 0 Å². The molecule has 0 bridgehead atoms. The second-order valence-corrected chi connectivity index (χ2v) is 5.71. The van der Waals surface area contributed by atoms with E-state index < -0.39 is 0 Å². The highest BCUT2D eigenvalue weighted by molar-refractivity contribution is 5.82. The minimum absolute atomic E-state index is 0.305. The van der Waals surface area contributed by atoms with E-state index in [0.29, 0.717) is 23.5 Å². The molecule has 1 saturated heterocycles. The van der Waals surface area contributed by atoms with E-state index in [1.165, 1.54) is 12.0 Å². The van der Waals surface area contributed by atoms with Crippen LogP contribution in [-0.4, -0.2) is 18.9 Å². The maximum Gasteiger partial charge on any atom is 0.136 e. The lowest BCUT2D eigenvalue weighted by Gasteiger charge is -2.31. The topological polar surface area (TPSA) is 29.1 Å². The van der Waals surface area contributed by atoms with Gasteiger partial charge in [-0.05, 0) is 49.8 Å². The smallest absolute Gasteiger partial charge is 0.136 e. The Balaban J connectivity index is 1.73. The van der Waals surface area contributed by atoms with E-state index in [1.807, 2.05) is 0 Å². The highest BCUT2D eigenvalue weighted by Crippen LogP contribution is 2.38. The summed E-state index contributed by atoms with van der Waals surface area (Å²) in [7, 11) is 0. The van der Waals surface area contributed by atoms with Gasteiger partial charge in [0.2, 0.25) is 0 Å². The highest BCUT2D eigenvalue weighted by atomic mass is 16.1. The predicted molar refractivity (Wildman–Crippen MR) is 72.5 cm³/mol. The van der Waals surface area contributed by atoms with Crippen molar-refractivity contribution in [1.29, 1.82) is 0 Å². The second-order valence-electron chi connectivity index (χ2n) is 5.71. The first-order valence-electron chi connectivity index (χ1n) is 7.13. The summed E-state index contributed by atoms with van der Waals surface area (Å²) in [5.41, 5.74) is 1.42. The standard InChI is InChI=1S/C16H21NO/c18-16-7-6-13(12-4-2-1-3-5-12)10-15(16)14-8-9-17-11-14/h1-5,13-15,17H,6-11H2. The van der Waals surface area contributed by atoms with Gasteiger partial charge < -0.3 is 5.32 Å². The lowest BCUT2D eigenvalue weighted by atomic mass is 9.72. The zero-order valence-corrected chi connectivity index (χ0v) is 10.8. The molecule has 1 heterocycles. The number of ketones is 1. The summed E-state index contributed by atoms with van der Waals surface area (Å²) in [6.07, 6.45) is 4.06. The molecule has 0 amide bonds. The van der Waals surface area contributed by atoms with Gasteiger partial charge in [0.25, 0.3) is 0 Å². The molecule has 0 spiro atoms. The Hall–Kier alpha value is -1.15. The van der Waals surface area contributed by atoms with Gasteiger partial charge in [0.15, 0.2) is 0 Å². The van der Waals surface area contributed by atoms with Crippen LogP contribution in [0.15, 0.2) is 30.3 Å². The van der Waals surface area contributed by atoms with Crippen molar-refractivity contribution >= 4 is 5.78 Å². The molecule has 2 aliphatic rings. The number of benzene rings is 1. The van der Waals surface area contributed by atoms with Crippen molar-refractivity contribution in [2.75, 3.05) is 13.1 Å². The van der Waals surface area contributed by atoms with Crippen LogP contribution in [0, 0.1) is 11.8 Å². The molecule has 18 heavy (non-hydrogen) atoms. The monoisotopic (exact) mass is 243 g/mol. The molecule has 1 aliphatic heterocycles. The van der Waals surface area contributed by atoms with Crippen molar-refractivity contribution in [2.24, 2.45) is 11.8 Å². The van der Waals surface area contributed by atoms with Crippen molar-refractivity contribution in [1.82, 2.24) is 5.32 Å². The number of carbonyl (C=O) groups excluding carboxylic acids is 1. The summed E-state index contributed by atoms with van der Waals surface area (Å²) in [5, 5.41) is 3.39. The minimum Gasteiger partial charge on any atom is -0.316 e. The Labute approximate surface area is 109 Å². The Bertz CT molecular complexity index is 408. The van der Waals surface area contributed by atoms with E-state index in [9.17, 15) is 4.79 Å². The molecule has 1 aromatic rings. The predicted octanol–water partition coefficient (Wildman–Crippen LogP) is 2.75. The fraction of sp³-hybridized carbons (Fsp3) is 0.562. The van der Waals surface area contributed by atoms with Crippen LogP contribution >= 0.6 is 0 Å². The van der Waals surface area contributed by atoms with Gasteiger partial charge in [-0.2, -0.15) is 0 Å². The molecule has 1 saturated carbocycles.